The lowest BCUT2D eigenvalue weighted by Gasteiger charge is -2.17. The Morgan fingerprint density at radius 1 is 1.22 bits per heavy atom. The Labute approximate surface area is 186 Å². The third kappa shape index (κ3) is 5.01. The molecular formula is C22H27FN3O5P. The van der Waals surface area contributed by atoms with Gasteiger partial charge in [0.05, 0.1) is 30.5 Å². The minimum absolute atomic E-state index is 0.0579. The second-order valence-corrected chi connectivity index (χ2v) is 9.48. The molecule has 0 atom stereocenters. The number of rotatable bonds is 9. The standard InChI is InChI=1S/C22H27FN3O5P/c1-5-30-32(29,31-6-2)10-9-24-22(28)20-13(3)19(25-14(20)4)12-17-16-11-15(23)7-8-18(16)26-21(17)27/h7-8,11-12,25H,5-6,9-10H2,1-4H3,(H,24,28)(H,26,27)/b17-12-. The molecule has 0 unspecified atom stereocenters. The summed E-state index contributed by atoms with van der Waals surface area (Å²) in [5.74, 6) is -1.13. The van der Waals surface area contributed by atoms with Crippen LogP contribution in [-0.4, -0.2) is 42.7 Å². The van der Waals surface area contributed by atoms with Gasteiger partial charge in [0, 0.05) is 29.2 Å². The Morgan fingerprint density at radius 3 is 2.56 bits per heavy atom. The first kappa shape index (κ1) is 23.9. The molecule has 172 valence electrons. The highest BCUT2D eigenvalue weighted by Gasteiger charge is 2.27. The molecule has 0 spiro atoms. The zero-order valence-corrected chi connectivity index (χ0v) is 19.4. The van der Waals surface area contributed by atoms with Gasteiger partial charge in [-0.1, -0.05) is 0 Å². The number of fused-ring (bicyclic) bond motifs is 1. The third-order valence-electron chi connectivity index (χ3n) is 5.08. The topological polar surface area (TPSA) is 110 Å². The van der Waals surface area contributed by atoms with Gasteiger partial charge in [0.15, 0.2) is 0 Å². The molecule has 1 aromatic carbocycles. The highest BCUT2D eigenvalue weighted by atomic mass is 31.2. The maximum Gasteiger partial charge on any atom is 0.332 e. The van der Waals surface area contributed by atoms with E-state index in [4.69, 9.17) is 9.05 Å². The van der Waals surface area contributed by atoms with E-state index < -0.39 is 13.4 Å². The Hall–Kier alpha value is -2.74. The minimum Gasteiger partial charge on any atom is -0.358 e. The monoisotopic (exact) mass is 463 g/mol. The summed E-state index contributed by atoms with van der Waals surface area (Å²) in [5.41, 5.74) is 3.57. The lowest BCUT2D eigenvalue weighted by atomic mass is 10.0. The average molecular weight is 463 g/mol. The highest BCUT2D eigenvalue weighted by molar-refractivity contribution is 7.53. The van der Waals surface area contributed by atoms with Crippen molar-refractivity contribution in [2.75, 3.05) is 31.2 Å². The molecule has 1 aliphatic heterocycles. The van der Waals surface area contributed by atoms with Crippen molar-refractivity contribution in [1.82, 2.24) is 10.3 Å². The molecule has 8 nitrogen and oxygen atoms in total. The van der Waals surface area contributed by atoms with Crippen LogP contribution in [0.3, 0.4) is 0 Å². The van der Waals surface area contributed by atoms with Gasteiger partial charge in [-0.05, 0) is 57.5 Å². The summed E-state index contributed by atoms with van der Waals surface area (Å²) in [4.78, 5) is 28.3. The van der Waals surface area contributed by atoms with Crippen molar-refractivity contribution in [2.45, 2.75) is 27.7 Å². The van der Waals surface area contributed by atoms with Crippen molar-refractivity contribution in [3.8, 4) is 0 Å². The van der Waals surface area contributed by atoms with Crippen LogP contribution in [0.2, 0.25) is 0 Å². The summed E-state index contributed by atoms with van der Waals surface area (Å²) in [6.07, 6.45) is 1.67. The van der Waals surface area contributed by atoms with Crippen LogP contribution in [0.1, 0.15) is 46.7 Å². The van der Waals surface area contributed by atoms with E-state index in [0.717, 1.165) is 0 Å². The number of hydrogen-bond donors (Lipinski definition) is 3. The quantitative estimate of drug-likeness (QED) is 0.380. The molecule has 3 rings (SSSR count). The van der Waals surface area contributed by atoms with E-state index >= 15 is 0 Å². The fourth-order valence-electron chi connectivity index (χ4n) is 3.66. The third-order valence-corrected chi connectivity index (χ3v) is 7.15. The fourth-order valence-corrected chi connectivity index (χ4v) is 5.17. The van der Waals surface area contributed by atoms with E-state index in [9.17, 15) is 18.5 Å². The molecule has 0 aliphatic carbocycles. The average Bonchev–Trinajstić information content (AvgIpc) is 3.17. The van der Waals surface area contributed by atoms with Crippen molar-refractivity contribution in [1.29, 1.82) is 0 Å². The molecule has 3 N–H and O–H groups in total. The van der Waals surface area contributed by atoms with Gasteiger partial charge in [-0.15, -0.1) is 0 Å². The number of aromatic nitrogens is 1. The van der Waals surface area contributed by atoms with Gasteiger partial charge in [-0.2, -0.15) is 0 Å². The number of H-pyrrole nitrogens is 1. The van der Waals surface area contributed by atoms with Gasteiger partial charge in [0.25, 0.3) is 11.8 Å². The van der Waals surface area contributed by atoms with Crippen LogP contribution < -0.4 is 10.6 Å². The number of amides is 2. The lowest BCUT2D eigenvalue weighted by molar-refractivity contribution is -0.110. The van der Waals surface area contributed by atoms with E-state index in [1.165, 1.54) is 18.2 Å². The Kier molecular flexibility index (Phi) is 7.33. The number of nitrogens with one attached hydrogen (secondary N) is 3. The second-order valence-electron chi connectivity index (χ2n) is 7.29. The summed E-state index contributed by atoms with van der Waals surface area (Å²) in [7, 11) is -3.26. The van der Waals surface area contributed by atoms with E-state index in [1.807, 2.05) is 0 Å². The number of halogens is 1. The molecule has 0 radical (unpaired) electrons. The van der Waals surface area contributed by atoms with E-state index in [1.54, 1.807) is 33.8 Å². The van der Waals surface area contributed by atoms with Crippen molar-refractivity contribution >= 4 is 36.7 Å². The number of carbonyl (C=O) groups excluding carboxylic acids is 2. The van der Waals surface area contributed by atoms with Gasteiger partial charge in [0.2, 0.25) is 0 Å². The SMILES string of the molecule is CCOP(=O)(CCNC(=O)c1c(C)[nH]c(/C=C2\C(=O)Nc3ccc(F)cc32)c1C)OCC. The number of carbonyl (C=O) groups is 2. The predicted octanol–water partition coefficient (Wildman–Crippen LogP) is 4.26. The molecule has 1 aromatic heterocycles. The van der Waals surface area contributed by atoms with E-state index in [-0.39, 0.29) is 37.7 Å². The normalized spacial score (nSPS) is 14.5. The van der Waals surface area contributed by atoms with Crippen molar-refractivity contribution in [3.05, 3.63) is 52.1 Å². The van der Waals surface area contributed by atoms with Crippen molar-refractivity contribution in [3.63, 3.8) is 0 Å². The van der Waals surface area contributed by atoms with Gasteiger partial charge >= 0.3 is 7.60 Å². The molecular weight excluding hydrogens is 436 g/mol. The smallest absolute Gasteiger partial charge is 0.332 e. The number of hydrogen-bond acceptors (Lipinski definition) is 5. The van der Waals surface area contributed by atoms with Crippen LogP contribution in [0.4, 0.5) is 10.1 Å². The van der Waals surface area contributed by atoms with Gasteiger partial charge in [-0.25, -0.2) is 4.39 Å². The Morgan fingerprint density at radius 2 is 1.91 bits per heavy atom. The molecule has 2 aromatic rings. The molecule has 0 saturated heterocycles. The number of benzene rings is 1. The first-order valence-corrected chi connectivity index (χ1v) is 12.1. The van der Waals surface area contributed by atoms with Gasteiger partial charge in [-0.3, -0.25) is 14.2 Å². The molecule has 10 heteroatoms. The maximum absolute atomic E-state index is 13.7. The first-order chi connectivity index (χ1) is 15.2. The maximum atomic E-state index is 13.7. The number of aromatic amines is 1. The minimum atomic E-state index is -3.26. The van der Waals surface area contributed by atoms with Gasteiger partial charge < -0.3 is 24.7 Å². The van der Waals surface area contributed by atoms with Crippen LogP contribution in [0, 0.1) is 19.7 Å². The first-order valence-electron chi connectivity index (χ1n) is 10.4. The molecule has 2 heterocycles. The van der Waals surface area contributed by atoms with E-state index in [0.29, 0.717) is 39.3 Å². The molecule has 0 fully saturated rings. The van der Waals surface area contributed by atoms with E-state index in [2.05, 4.69) is 15.6 Å². The highest BCUT2D eigenvalue weighted by Crippen LogP contribution is 2.47. The number of anilines is 1. The molecule has 2 amide bonds. The molecule has 0 bridgehead atoms. The lowest BCUT2D eigenvalue weighted by Crippen LogP contribution is -2.27. The number of aryl methyl sites for hydroxylation is 1. The summed E-state index contributed by atoms with van der Waals surface area (Å²) in [6.45, 7) is 7.58. The summed E-state index contributed by atoms with van der Waals surface area (Å²) in [6, 6.07) is 4.09. The van der Waals surface area contributed by atoms with Crippen LogP contribution in [0.25, 0.3) is 11.6 Å². The summed E-state index contributed by atoms with van der Waals surface area (Å²) < 4.78 is 36.7. The summed E-state index contributed by atoms with van der Waals surface area (Å²) in [5, 5.41) is 5.46. The largest absolute Gasteiger partial charge is 0.358 e. The molecule has 0 saturated carbocycles. The Bertz CT molecular complexity index is 1120. The van der Waals surface area contributed by atoms with Gasteiger partial charge in [0.1, 0.15) is 5.82 Å². The zero-order chi connectivity index (χ0) is 23.5. The molecule has 32 heavy (non-hydrogen) atoms. The Balaban J connectivity index is 1.79. The van der Waals surface area contributed by atoms with Crippen molar-refractivity contribution in [2.24, 2.45) is 0 Å². The van der Waals surface area contributed by atoms with Crippen LogP contribution in [0.15, 0.2) is 18.2 Å². The predicted molar refractivity (Wildman–Crippen MR) is 121 cm³/mol. The zero-order valence-electron chi connectivity index (χ0n) is 18.5. The van der Waals surface area contributed by atoms with Crippen molar-refractivity contribution < 1.29 is 27.6 Å². The summed E-state index contributed by atoms with van der Waals surface area (Å²) >= 11 is 0. The van der Waals surface area contributed by atoms with Crippen LogP contribution >= 0.6 is 7.60 Å². The molecule has 1 aliphatic rings. The van der Waals surface area contributed by atoms with Crippen LogP contribution in [0.5, 0.6) is 0 Å². The second kappa shape index (κ2) is 9.81. The van der Waals surface area contributed by atoms with Crippen LogP contribution in [-0.2, 0) is 18.4 Å². The fraction of sp³-hybridized carbons (Fsp3) is 0.364.